The van der Waals surface area contributed by atoms with Gasteiger partial charge < -0.3 is 4.90 Å². The van der Waals surface area contributed by atoms with E-state index < -0.39 is 0 Å². The van der Waals surface area contributed by atoms with Crippen molar-refractivity contribution >= 4 is 44.4 Å². The van der Waals surface area contributed by atoms with E-state index in [1.807, 2.05) is 36.8 Å². The van der Waals surface area contributed by atoms with Gasteiger partial charge in [0, 0.05) is 23.2 Å². The van der Waals surface area contributed by atoms with Crippen LogP contribution in [-0.2, 0) is 11.2 Å². The number of anilines is 1. The van der Waals surface area contributed by atoms with Crippen LogP contribution in [0, 0.1) is 6.92 Å². The van der Waals surface area contributed by atoms with Gasteiger partial charge in [0.05, 0.1) is 16.6 Å². The van der Waals surface area contributed by atoms with E-state index in [1.165, 1.54) is 10.5 Å². The minimum Gasteiger partial charge on any atom is -0.308 e. The van der Waals surface area contributed by atoms with Crippen molar-refractivity contribution in [2.75, 3.05) is 32.1 Å². The van der Waals surface area contributed by atoms with Crippen molar-refractivity contribution in [3.63, 3.8) is 0 Å². The molecule has 0 saturated carbocycles. The van der Waals surface area contributed by atoms with Crippen LogP contribution in [0.5, 0.6) is 0 Å². The minimum absolute atomic E-state index is 0.0897. The van der Waals surface area contributed by atoms with E-state index >= 15 is 0 Å². The number of carbonyl (C=O) groups excluding carboxylic acids is 1. The molecule has 29 heavy (non-hydrogen) atoms. The highest BCUT2D eigenvalue weighted by Crippen LogP contribution is 2.30. The summed E-state index contributed by atoms with van der Waals surface area (Å²) in [5, 5.41) is 1.33. The summed E-state index contributed by atoms with van der Waals surface area (Å²) in [5.74, 6) is 0.0897. The van der Waals surface area contributed by atoms with E-state index in [0.29, 0.717) is 18.2 Å². The third-order valence-electron chi connectivity index (χ3n) is 4.49. The van der Waals surface area contributed by atoms with Gasteiger partial charge in [-0.3, -0.25) is 9.69 Å². The van der Waals surface area contributed by atoms with Crippen molar-refractivity contribution in [1.29, 1.82) is 0 Å². The van der Waals surface area contributed by atoms with Crippen LogP contribution in [0.3, 0.4) is 0 Å². The zero-order chi connectivity index (χ0) is 21.0. The van der Waals surface area contributed by atoms with Crippen molar-refractivity contribution in [1.82, 2.24) is 9.88 Å². The monoisotopic (exact) mass is 427 g/mol. The number of thioether (sulfide) groups is 1. The number of hydrogen-bond acceptors (Lipinski definition) is 5. The van der Waals surface area contributed by atoms with Gasteiger partial charge in [-0.25, -0.2) is 4.98 Å². The molecule has 0 atom stereocenters. The van der Waals surface area contributed by atoms with Gasteiger partial charge in [0.15, 0.2) is 5.13 Å². The highest BCUT2D eigenvalue weighted by molar-refractivity contribution is 7.99. The van der Waals surface area contributed by atoms with Crippen LogP contribution in [0.4, 0.5) is 5.13 Å². The standard InChI is InChI=1S/C23H29N3OS2/c1-16(2)28-19-9-7-18(8-10-19)15-22(27)26(13-12-25(4)5)23-24-20-11-6-17(3)14-21(20)29-23/h6-11,14,16H,12-13,15H2,1-5H3. The Morgan fingerprint density at radius 2 is 1.83 bits per heavy atom. The average molecular weight is 428 g/mol. The summed E-state index contributed by atoms with van der Waals surface area (Å²) >= 11 is 3.43. The number of amides is 1. The summed E-state index contributed by atoms with van der Waals surface area (Å²) in [6.07, 6.45) is 0.384. The Kier molecular flexibility index (Phi) is 7.33. The fourth-order valence-electron chi connectivity index (χ4n) is 2.99. The molecular formula is C23H29N3OS2. The van der Waals surface area contributed by atoms with E-state index in [2.05, 4.69) is 62.1 Å². The fourth-order valence-corrected chi connectivity index (χ4v) is 4.93. The second-order valence-corrected chi connectivity index (χ2v) is 10.5. The van der Waals surface area contributed by atoms with Crippen LogP contribution in [-0.4, -0.2) is 48.2 Å². The number of likely N-dealkylation sites (N-methyl/N-ethyl adjacent to an activating group) is 1. The van der Waals surface area contributed by atoms with Crippen LogP contribution in [0.25, 0.3) is 10.2 Å². The molecule has 0 unspecified atom stereocenters. The number of fused-ring (bicyclic) bond motifs is 1. The third kappa shape index (κ3) is 6.04. The van der Waals surface area contributed by atoms with Crippen molar-refractivity contribution in [2.45, 2.75) is 37.3 Å². The number of rotatable bonds is 8. The molecule has 0 aliphatic carbocycles. The number of carbonyl (C=O) groups is 1. The van der Waals surface area contributed by atoms with Crippen molar-refractivity contribution in [3.05, 3.63) is 53.6 Å². The first-order valence-electron chi connectivity index (χ1n) is 9.89. The minimum atomic E-state index is 0.0897. The Bertz CT molecular complexity index is 964. The molecule has 2 aromatic carbocycles. The zero-order valence-corrected chi connectivity index (χ0v) is 19.4. The Balaban J connectivity index is 1.80. The molecule has 3 aromatic rings. The fraction of sp³-hybridized carbons (Fsp3) is 0.391. The summed E-state index contributed by atoms with van der Waals surface area (Å²) in [6, 6.07) is 14.6. The number of benzene rings is 2. The molecule has 0 fully saturated rings. The van der Waals surface area contributed by atoms with Gasteiger partial charge in [0.1, 0.15) is 0 Å². The highest BCUT2D eigenvalue weighted by atomic mass is 32.2. The van der Waals surface area contributed by atoms with Crippen molar-refractivity contribution in [2.24, 2.45) is 0 Å². The molecule has 0 aliphatic heterocycles. The maximum atomic E-state index is 13.2. The van der Waals surface area contributed by atoms with E-state index in [9.17, 15) is 4.79 Å². The maximum absolute atomic E-state index is 13.2. The molecular weight excluding hydrogens is 398 g/mol. The summed E-state index contributed by atoms with van der Waals surface area (Å²) in [4.78, 5) is 23.1. The molecule has 4 nitrogen and oxygen atoms in total. The predicted molar refractivity (Wildman–Crippen MR) is 126 cm³/mol. The highest BCUT2D eigenvalue weighted by Gasteiger charge is 2.20. The SMILES string of the molecule is Cc1ccc2nc(N(CCN(C)C)C(=O)Cc3ccc(SC(C)C)cc3)sc2c1. The number of aromatic nitrogens is 1. The first-order valence-corrected chi connectivity index (χ1v) is 11.6. The Morgan fingerprint density at radius 1 is 1.10 bits per heavy atom. The molecule has 1 heterocycles. The zero-order valence-electron chi connectivity index (χ0n) is 17.8. The summed E-state index contributed by atoms with van der Waals surface area (Å²) in [5.41, 5.74) is 3.20. The van der Waals surface area contributed by atoms with Gasteiger partial charge in [0.25, 0.3) is 0 Å². The van der Waals surface area contributed by atoms with Gasteiger partial charge in [-0.15, -0.1) is 11.8 Å². The lowest BCUT2D eigenvalue weighted by molar-refractivity contribution is -0.118. The van der Waals surface area contributed by atoms with E-state index in [4.69, 9.17) is 4.98 Å². The summed E-state index contributed by atoms with van der Waals surface area (Å²) in [6.45, 7) is 7.88. The normalized spacial score (nSPS) is 11.6. The molecule has 0 radical (unpaired) electrons. The summed E-state index contributed by atoms with van der Waals surface area (Å²) in [7, 11) is 4.05. The van der Waals surface area contributed by atoms with Gasteiger partial charge in [-0.1, -0.05) is 43.4 Å². The Labute approximate surface area is 181 Å². The molecule has 1 aromatic heterocycles. The largest absolute Gasteiger partial charge is 0.308 e. The van der Waals surface area contributed by atoms with Crippen LogP contribution in [0.2, 0.25) is 0 Å². The Morgan fingerprint density at radius 3 is 2.48 bits per heavy atom. The first-order chi connectivity index (χ1) is 13.8. The van der Waals surface area contributed by atoms with Gasteiger partial charge in [-0.2, -0.15) is 0 Å². The molecule has 0 saturated heterocycles. The average Bonchev–Trinajstić information content (AvgIpc) is 3.05. The van der Waals surface area contributed by atoms with E-state index in [0.717, 1.165) is 27.5 Å². The van der Waals surface area contributed by atoms with E-state index in [-0.39, 0.29) is 5.91 Å². The summed E-state index contributed by atoms with van der Waals surface area (Å²) < 4.78 is 1.12. The maximum Gasteiger partial charge on any atom is 0.233 e. The van der Waals surface area contributed by atoms with Crippen LogP contribution in [0.15, 0.2) is 47.4 Å². The molecule has 1 amide bonds. The molecule has 0 bridgehead atoms. The number of thiazole rings is 1. The van der Waals surface area contributed by atoms with Crippen molar-refractivity contribution in [3.8, 4) is 0 Å². The second-order valence-electron chi connectivity index (χ2n) is 7.80. The number of nitrogens with zero attached hydrogens (tertiary/aromatic N) is 3. The quantitative estimate of drug-likeness (QED) is 0.461. The van der Waals surface area contributed by atoms with Crippen LogP contribution < -0.4 is 4.90 Å². The second kappa shape index (κ2) is 9.74. The molecule has 0 N–H and O–H groups in total. The molecule has 0 spiro atoms. The van der Waals surface area contributed by atoms with Gasteiger partial charge in [0.2, 0.25) is 5.91 Å². The Hall–Kier alpha value is -1.89. The number of hydrogen-bond donors (Lipinski definition) is 0. The van der Waals surface area contributed by atoms with Gasteiger partial charge in [-0.05, 0) is 56.4 Å². The van der Waals surface area contributed by atoms with Gasteiger partial charge >= 0.3 is 0 Å². The lowest BCUT2D eigenvalue weighted by Gasteiger charge is -2.22. The first kappa shape index (κ1) is 21.8. The van der Waals surface area contributed by atoms with Crippen LogP contribution in [0.1, 0.15) is 25.0 Å². The van der Waals surface area contributed by atoms with E-state index in [1.54, 1.807) is 11.3 Å². The lowest BCUT2D eigenvalue weighted by atomic mass is 10.1. The third-order valence-corrected chi connectivity index (χ3v) is 6.54. The number of aryl methyl sites for hydroxylation is 1. The van der Waals surface area contributed by atoms with Crippen LogP contribution >= 0.6 is 23.1 Å². The molecule has 154 valence electrons. The van der Waals surface area contributed by atoms with Crippen molar-refractivity contribution < 1.29 is 4.79 Å². The smallest absolute Gasteiger partial charge is 0.233 e. The lowest BCUT2D eigenvalue weighted by Crippen LogP contribution is -2.37. The molecule has 0 aliphatic rings. The molecule has 6 heteroatoms. The molecule has 3 rings (SSSR count). The predicted octanol–water partition coefficient (Wildman–Crippen LogP) is 5.24. The topological polar surface area (TPSA) is 36.4 Å².